The van der Waals surface area contributed by atoms with Gasteiger partial charge in [-0.25, -0.2) is 0 Å². The number of anilines is 1. The molecule has 1 heterocycles. The van der Waals surface area contributed by atoms with E-state index in [-0.39, 0.29) is 24.0 Å². The molecule has 0 spiro atoms. The van der Waals surface area contributed by atoms with Crippen molar-refractivity contribution >= 4 is 52.5 Å². The van der Waals surface area contributed by atoms with Crippen molar-refractivity contribution in [2.45, 2.75) is 12.3 Å². The number of nitrogens with zero attached hydrogens (tertiary/aromatic N) is 1. The second-order valence-electron chi connectivity index (χ2n) is 6.77. The van der Waals surface area contributed by atoms with Crippen molar-refractivity contribution in [1.29, 1.82) is 5.26 Å². The molecule has 32 heavy (non-hydrogen) atoms. The maximum Gasteiger partial charge on any atom is 0.234 e. The van der Waals surface area contributed by atoms with Crippen molar-refractivity contribution in [3.63, 3.8) is 0 Å². The van der Waals surface area contributed by atoms with E-state index >= 15 is 0 Å². The van der Waals surface area contributed by atoms with E-state index in [9.17, 15) is 14.9 Å². The molecule has 2 amide bonds. The van der Waals surface area contributed by atoms with Crippen LogP contribution in [0.2, 0.25) is 10.0 Å². The molecule has 0 saturated heterocycles. The van der Waals surface area contributed by atoms with E-state index in [1.807, 2.05) is 0 Å². The molecule has 7 nitrogen and oxygen atoms in total. The fourth-order valence-electron chi connectivity index (χ4n) is 3.25. The Labute approximate surface area is 199 Å². The van der Waals surface area contributed by atoms with E-state index in [0.717, 1.165) is 17.3 Å². The number of amides is 2. The van der Waals surface area contributed by atoms with E-state index in [2.05, 4.69) is 16.7 Å². The van der Waals surface area contributed by atoms with E-state index in [4.69, 9.17) is 32.7 Å². The minimum Gasteiger partial charge on any atom is -0.493 e. The van der Waals surface area contributed by atoms with E-state index < -0.39 is 5.92 Å². The lowest BCUT2D eigenvalue weighted by Crippen LogP contribution is -2.31. The first-order valence-electron chi connectivity index (χ1n) is 9.39. The van der Waals surface area contributed by atoms with Gasteiger partial charge in [0.2, 0.25) is 11.8 Å². The molecule has 0 unspecified atom stereocenters. The molecule has 2 N–H and O–H groups in total. The van der Waals surface area contributed by atoms with Gasteiger partial charge in [-0.2, -0.15) is 5.26 Å². The molecular weight excluding hydrogens is 473 g/mol. The van der Waals surface area contributed by atoms with Gasteiger partial charge in [0, 0.05) is 28.1 Å². The Morgan fingerprint density at radius 2 is 1.88 bits per heavy atom. The number of nitriles is 1. The van der Waals surface area contributed by atoms with Gasteiger partial charge in [0.1, 0.15) is 0 Å². The summed E-state index contributed by atoms with van der Waals surface area (Å²) in [6.07, 6.45) is 0.107. The van der Waals surface area contributed by atoms with Gasteiger partial charge in [0.15, 0.2) is 11.5 Å². The zero-order valence-electron chi connectivity index (χ0n) is 17.2. The number of ether oxygens (including phenoxy) is 2. The molecule has 0 bridgehead atoms. The number of carbonyl (C=O) groups excluding carboxylic acids is 2. The zero-order valence-corrected chi connectivity index (χ0v) is 19.5. The number of rotatable bonds is 7. The fraction of sp³-hybridized carbons (Fsp3) is 0.227. The molecule has 0 aromatic heterocycles. The summed E-state index contributed by atoms with van der Waals surface area (Å²) in [5.74, 6) is -0.0166. The number of benzene rings is 2. The Morgan fingerprint density at radius 1 is 1.19 bits per heavy atom. The van der Waals surface area contributed by atoms with Gasteiger partial charge in [-0.15, -0.1) is 0 Å². The van der Waals surface area contributed by atoms with Crippen molar-refractivity contribution in [1.82, 2.24) is 5.32 Å². The summed E-state index contributed by atoms with van der Waals surface area (Å²) >= 11 is 13.0. The highest BCUT2D eigenvalue weighted by atomic mass is 35.5. The highest BCUT2D eigenvalue weighted by Crippen LogP contribution is 2.39. The topological polar surface area (TPSA) is 100 Å². The van der Waals surface area contributed by atoms with E-state index in [0.29, 0.717) is 37.8 Å². The van der Waals surface area contributed by atoms with Gasteiger partial charge in [-0.3, -0.25) is 9.59 Å². The quantitative estimate of drug-likeness (QED) is 0.580. The Balaban J connectivity index is 1.80. The Morgan fingerprint density at radius 3 is 2.50 bits per heavy atom. The van der Waals surface area contributed by atoms with Crippen LogP contribution in [0.25, 0.3) is 0 Å². The fourth-order valence-corrected chi connectivity index (χ4v) is 4.65. The van der Waals surface area contributed by atoms with Crippen molar-refractivity contribution < 1.29 is 19.1 Å². The number of carbonyl (C=O) groups is 2. The highest BCUT2D eigenvalue weighted by Gasteiger charge is 2.30. The third-order valence-electron chi connectivity index (χ3n) is 4.66. The smallest absolute Gasteiger partial charge is 0.234 e. The molecule has 2 aromatic carbocycles. The molecular formula is C22H19Cl2N3O4S. The average Bonchev–Trinajstić information content (AvgIpc) is 2.76. The van der Waals surface area contributed by atoms with Crippen LogP contribution < -0.4 is 20.1 Å². The molecule has 1 aliphatic rings. The zero-order chi connectivity index (χ0) is 23.3. The monoisotopic (exact) mass is 491 g/mol. The van der Waals surface area contributed by atoms with Crippen LogP contribution >= 0.6 is 35.0 Å². The number of halogens is 2. The second-order valence-corrected chi connectivity index (χ2v) is 8.63. The molecule has 0 aliphatic carbocycles. The molecule has 2 aromatic rings. The first-order valence-corrected chi connectivity index (χ1v) is 11.1. The molecule has 3 rings (SSSR count). The van der Waals surface area contributed by atoms with Gasteiger partial charge in [-0.1, -0.05) is 41.0 Å². The summed E-state index contributed by atoms with van der Waals surface area (Å²) in [5.41, 5.74) is 1.57. The maximum atomic E-state index is 12.4. The minimum atomic E-state index is -0.467. The Bertz CT molecular complexity index is 1110. The molecule has 1 atom stereocenters. The van der Waals surface area contributed by atoms with Crippen LogP contribution in [0.15, 0.2) is 47.0 Å². The SMILES string of the molecule is COc1ccc([C@@H]2CC(=O)NC(SCC(=O)Nc3cc(Cl)cc(Cl)c3)=C2C#N)cc1OC. The second kappa shape index (κ2) is 10.6. The minimum absolute atomic E-state index is 0.0242. The standard InChI is InChI=1S/C22H19Cl2N3O4S/c1-30-18-4-3-12(5-19(18)31-2)16-9-20(28)27-22(17(16)10-25)32-11-21(29)26-15-7-13(23)6-14(24)8-15/h3-8,16H,9,11H2,1-2H3,(H,26,29)(H,27,28)/t16-/m0/s1. The number of thioether (sulfide) groups is 1. The number of nitrogens with one attached hydrogen (secondary N) is 2. The third-order valence-corrected chi connectivity index (χ3v) is 6.11. The van der Waals surface area contributed by atoms with Gasteiger partial charge < -0.3 is 20.1 Å². The lowest BCUT2D eigenvalue weighted by molar-refractivity contribution is -0.121. The highest BCUT2D eigenvalue weighted by molar-refractivity contribution is 8.03. The van der Waals surface area contributed by atoms with Crippen LogP contribution in [0.5, 0.6) is 11.5 Å². The molecule has 166 valence electrons. The lowest BCUT2D eigenvalue weighted by atomic mass is 9.87. The van der Waals surface area contributed by atoms with Crippen LogP contribution in [0.3, 0.4) is 0 Å². The normalized spacial score (nSPS) is 15.6. The van der Waals surface area contributed by atoms with Crippen molar-refractivity contribution in [3.8, 4) is 17.6 Å². The summed E-state index contributed by atoms with van der Waals surface area (Å²) in [7, 11) is 3.05. The van der Waals surface area contributed by atoms with Gasteiger partial charge >= 0.3 is 0 Å². The lowest BCUT2D eigenvalue weighted by Gasteiger charge is -2.25. The Hall–Kier alpha value is -2.86. The summed E-state index contributed by atoms with van der Waals surface area (Å²) in [6.45, 7) is 0. The first-order chi connectivity index (χ1) is 15.3. The molecule has 0 radical (unpaired) electrons. The molecule has 1 aliphatic heterocycles. The van der Waals surface area contributed by atoms with Crippen LogP contribution in [-0.4, -0.2) is 31.8 Å². The van der Waals surface area contributed by atoms with Crippen LogP contribution in [-0.2, 0) is 9.59 Å². The summed E-state index contributed by atoms with van der Waals surface area (Å²) in [5, 5.41) is 16.4. The summed E-state index contributed by atoms with van der Waals surface area (Å²) in [4.78, 5) is 24.7. The number of methoxy groups -OCH3 is 2. The maximum absolute atomic E-state index is 12.4. The van der Waals surface area contributed by atoms with Crippen molar-refractivity contribution in [2.75, 3.05) is 25.3 Å². The molecule has 10 heteroatoms. The number of hydrogen-bond donors (Lipinski definition) is 2. The third kappa shape index (κ3) is 5.68. The van der Waals surface area contributed by atoms with Crippen molar-refractivity contribution in [2.24, 2.45) is 0 Å². The van der Waals surface area contributed by atoms with Crippen LogP contribution in [0.1, 0.15) is 17.9 Å². The summed E-state index contributed by atoms with van der Waals surface area (Å²) in [6, 6.07) is 12.2. The molecule has 0 fully saturated rings. The van der Waals surface area contributed by atoms with Crippen LogP contribution in [0.4, 0.5) is 5.69 Å². The van der Waals surface area contributed by atoms with E-state index in [1.54, 1.807) is 36.4 Å². The summed E-state index contributed by atoms with van der Waals surface area (Å²) < 4.78 is 10.6. The number of hydrogen-bond acceptors (Lipinski definition) is 6. The Kier molecular flexibility index (Phi) is 7.91. The average molecular weight is 492 g/mol. The van der Waals surface area contributed by atoms with E-state index in [1.165, 1.54) is 14.2 Å². The largest absolute Gasteiger partial charge is 0.493 e. The predicted molar refractivity (Wildman–Crippen MR) is 125 cm³/mol. The van der Waals surface area contributed by atoms with Gasteiger partial charge in [0.25, 0.3) is 0 Å². The number of allylic oxidation sites excluding steroid dienone is 1. The first kappa shape index (κ1) is 23.8. The van der Waals surface area contributed by atoms with Gasteiger partial charge in [0.05, 0.1) is 36.6 Å². The van der Waals surface area contributed by atoms with Crippen LogP contribution in [0, 0.1) is 11.3 Å². The molecule has 0 saturated carbocycles. The van der Waals surface area contributed by atoms with Gasteiger partial charge in [-0.05, 0) is 35.9 Å². The van der Waals surface area contributed by atoms with Crippen molar-refractivity contribution in [3.05, 3.63) is 62.6 Å². The predicted octanol–water partition coefficient (Wildman–Crippen LogP) is 4.72.